The monoisotopic (exact) mass is 412 g/mol. The molecule has 0 aliphatic heterocycles. The second-order valence-electron chi connectivity index (χ2n) is 7.62. The van der Waals surface area contributed by atoms with Crippen LogP contribution in [0, 0.1) is 17.2 Å². The number of urea groups is 1. The average Bonchev–Trinajstić information content (AvgIpc) is 2.72. The molecule has 2 rings (SSSR count). The van der Waals surface area contributed by atoms with Gasteiger partial charge >= 0.3 is 12.0 Å². The smallest absolute Gasteiger partial charge is 0.349 e. The maximum atomic E-state index is 12.1. The van der Waals surface area contributed by atoms with Crippen LogP contribution in [-0.4, -0.2) is 44.7 Å². The first-order chi connectivity index (χ1) is 14.3. The van der Waals surface area contributed by atoms with Crippen LogP contribution in [-0.2, 0) is 14.3 Å². The number of anilines is 1. The summed E-state index contributed by atoms with van der Waals surface area (Å²) in [5.74, 6) is -1.32. The number of rotatable bonds is 6. The molecule has 3 amide bonds. The lowest BCUT2D eigenvalue weighted by atomic mass is 9.86. The maximum absolute atomic E-state index is 12.1. The number of carbonyl (C=O) groups is 3. The summed E-state index contributed by atoms with van der Waals surface area (Å²) in [4.78, 5) is 37.9. The van der Waals surface area contributed by atoms with Crippen molar-refractivity contribution in [2.24, 2.45) is 5.92 Å². The summed E-state index contributed by atoms with van der Waals surface area (Å²) in [6, 6.07) is 8.44. The molecule has 1 aliphatic rings. The Bertz CT molecular complexity index is 840. The third kappa shape index (κ3) is 6.92. The number of hydrogen-bond acceptors (Lipinski definition) is 6. The zero-order valence-electron chi connectivity index (χ0n) is 17.6. The van der Waals surface area contributed by atoms with Gasteiger partial charge < -0.3 is 15.0 Å². The van der Waals surface area contributed by atoms with E-state index in [-0.39, 0.29) is 11.6 Å². The molecule has 1 fully saturated rings. The summed E-state index contributed by atoms with van der Waals surface area (Å²) < 4.78 is 4.87. The van der Waals surface area contributed by atoms with E-state index in [1.807, 2.05) is 31.1 Å². The molecule has 0 unspecified atom stereocenters. The van der Waals surface area contributed by atoms with Gasteiger partial charge in [0.05, 0.1) is 0 Å². The molecule has 0 saturated heterocycles. The van der Waals surface area contributed by atoms with Crippen molar-refractivity contribution < 1.29 is 19.1 Å². The molecule has 2 atom stereocenters. The first-order valence-corrected chi connectivity index (χ1v) is 9.96. The highest BCUT2D eigenvalue weighted by atomic mass is 16.5. The van der Waals surface area contributed by atoms with Gasteiger partial charge in [0.2, 0.25) is 0 Å². The van der Waals surface area contributed by atoms with Crippen molar-refractivity contribution in [3.63, 3.8) is 0 Å². The van der Waals surface area contributed by atoms with Crippen LogP contribution in [0.2, 0.25) is 0 Å². The van der Waals surface area contributed by atoms with E-state index in [2.05, 4.69) is 17.6 Å². The molecule has 0 spiro atoms. The normalized spacial score (nSPS) is 18.7. The van der Waals surface area contributed by atoms with Gasteiger partial charge in [-0.1, -0.05) is 31.9 Å². The highest BCUT2D eigenvalue weighted by Crippen LogP contribution is 2.23. The number of carbonyl (C=O) groups excluding carboxylic acids is 3. The van der Waals surface area contributed by atoms with Crippen LogP contribution >= 0.6 is 0 Å². The topological polar surface area (TPSA) is 112 Å². The van der Waals surface area contributed by atoms with Crippen molar-refractivity contribution in [1.82, 2.24) is 10.6 Å². The number of benzene rings is 1. The standard InChI is InChI=1S/C22H28N4O4/c1-15-6-4-5-7-19(15)24-22(29)25-20(27)14-30-21(28)17(13-23)12-16-8-10-18(11-9-16)26(2)3/h8-12,15,19H,4-7,14H2,1-3H3,(H2,24,25,27,29)/b17-12+/t15-,19+/m1/s1. The van der Waals surface area contributed by atoms with Gasteiger partial charge in [-0.05, 0) is 42.5 Å². The van der Waals surface area contributed by atoms with Crippen LogP contribution in [0.1, 0.15) is 38.2 Å². The third-order valence-electron chi connectivity index (χ3n) is 5.08. The van der Waals surface area contributed by atoms with Crippen molar-refractivity contribution in [3.8, 4) is 6.07 Å². The van der Waals surface area contributed by atoms with Crippen LogP contribution in [0.3, 0.4) is 0 Å². The molecule has 0 aromatic heterocycles. The summed E-state index contributed by atoms with van der Waals surface area (Å²) >= 11 is 0. The van der Waals surface area contributed by atoms with Crippen LogP contribution in [0.4, 0.5) is 10.5 Å². The summed E-state index contributed by atoms with van der Waals surface area (Å²) in [6.45, 7) is 1.42. The molecule has 1 saturated carbocycles. The lowest BCUT2D eigenvalue weighted by molar-refractivity contribution is -0.144. The van der Waals surface area contributed by atoms with Gasteiger partial charge in [0, 0.05) is 25.8 Å². The molecule has 160 valence electrons. The Labute approximate surface area is 176 Å². The number of hydrogen-bond donors (Lipinski definition) is 2. The Balaban J connectivity index is 1.84. The van der Waals surface area contributed by atoms with Crippen molar-refractivity contribution in [2.45, 2.75) is 38.6 Å². The summed E-state index contributed by atoms with van der Waals surface area (Å²) in [5.41, 5.74) is 1.39. The van der Waals surface area contributed by atoms with Crippen LogP contribution in [0.15, 0.2) is 29.8 Å². The number of nitrogens with one attached hydrogen (secondary N) is 2. The summed E-state index contributed by atoms with van der Waals surface area (Å²) in [6.07, 6.45) is 5.49. The number of esters is 1. The minimum Gasteiger partial charge on any atom is -0.451 e. The number of nitrogens with zero attached hydrogens (tertiary/aromatic N) is 2. The Morgan fingerprint density at radius 2 is 1.87 bits per heavy atom. The Morgan fingerprint density at radius 3 is 2.47 bits per heavy atom. The molecule has 0 heterocycles. The van der Waals surface area contributed by atoms with Gasteiger partial charge in [0.1, 0.15) is 11.6 Å². The number of nitriles is 1. The van der Waals surface area contributed by atoms with Crippen molar-refractivity contribution >= 4 is 29.7 Å². The first-order valence-electron chi connectivity index (χ1n) is 9.96. The SMILES string of the molecule is C[C@@H]1CCCC[C@@H]1NC(=O)NC(=O)COC(=O)/C(C#N)=C/c1ccc(N(C)C)cc1. The fourth-order valence-electron chi connectivity index (χ4n) is 3.28. The van der Waals surface area contributed by atoms with Crippen LogP contribution in [0.5, 0.6) is 0 Å². The van der Waals surface area contributed by atoms with Gasteiger partial charge in [0.15, 0.2) is 6.61 Å². The second kappa shape index (κ2) is 11.0. The molecule has 1 aliphatic carbocycles. The van der Waals surface area contributed by atoms with Crippen molar-refractivity contribution in [2.75, 3.05) is 25.6 Å². The van der Waals surface area contributed by atoms with E-state index >= 15 is 0 Å². The molecule has 1 aromatic carbocycles. The van der Waals surface area contributed by atoms with E-state index in [9.17, 15) is 19.6 Å². The Morgan fingerprint density at radius 1 is 1.20 bits per heavy atom. The van der Waals surface area contributed by atoms with E-state index in [0.717, 1.165) is 31.4 Å². The van der Waals surface area contributed by atoms with Gasteiger partial charge in [0.25, 0.3) is 5.91 Å². The average molecular weight is 412 g/mol. The lowest BCUT2D eigenvalue weighted by Gasteiger charge is -2.29. The summed E-state index contributed by atoms with van der Waals surface area (Å²) in [7, 11) is 3.81. The van der Waals surface area contributed by atoms with Crippen molar-refractivity contribution in [3.05, 3.63) is 35.4 Å². The molecule has 8 nitrogen and oxygen atoms in total. The van der Waals surface area contributed by atoms with E-state index in [4.69, 9.17) is 4.74 Å². The second-order valence-corrected chi connectivity index (χ2v) is 7.62. The highest BCUT2D eigenvalue weighted by molar-refractivity contribution is 6.00. The maximum Gasteiger partial charge on any atom is 0.349 e. The summed E-state index contributed by atoms with van der Waals surface area (Å²) in [5, 5.41) is 14.2. The third-order valence-corrected chi connectivity index (χ3v) is 5.08. The molecule has 0 radical (unpaired) electrons. The fourth-order valence-corrected chi connectivity index (χ4v) is 3.28. The van der Waals surface area contributed by atoms with E-state index in [1.54, 1.807) is 18.2 Å². The van der Waals surface area contributed by atoms with Gasteiger partial charge in [-0.25, -0.2) is 9.59 Å². The largest absolute Gasteiger partial charge is 0.451 e. The van der Waals surface area contributed by atoms with Gasteiger partial charge in [-0.2, -0.15) is 5.26 Å². The minimum atomic E-state index is -0.925. The van der Waals surface area contributed by atoms with E-state index in [0.29, 0.717) is 11.5 Å². The Hall–Kier alpha value is -3.34. The van der Waals surface area contributed by atoms with Gasteiger partial charge in [-0.3, -0.25) is 10.1 Å². The molecule has 30 heavy (non-hydrogen) atoms. The van der Waals surface area contributed by atoms with Crippen LogP contribution in [0.25, 0.3) is 6.08 Å². The zero-order valence-corrected chi connectivity index (χ0v) is 17.6. The lowest BCUT2D eigenvalue weighted by Crippen LogP contribution is -2.48. The number of amides is 3. The molecule has 0 bridgehead atoms. The quantitative estimate of drug-likeness (QED) is 0.422. The highest BCUT2D eigenvalue weighted by Gasteiger charge is 2.23. The van der Waals surface area contributed by atoms with Crippen molar-refractivity contribution in [1.29, 1.82) is 5.26 Å². The molecular weight excluding hydrogens is 384 g/mol. The predicted octanol–water partition coefficient (Wildman–Crippen LogP) is 2.61. The molecule has 1 aromatic rings. The van der Waals surface area contributed by atoms with E-state index in [1.165, 1.54) is 6.08 Å². The molecule has 2 N–H and O–H groups in total. The minimum absolute atomic E-state index is 0.0288. The van der Waals surface area contributed by atoms with E-state index < -0.39 is 24.5 Å². The van der Waals surface area contributed by atoms with Gasteiger partial charge in [-0.15, -0.1) is 0 Å². The Kier molecular flexibility index (Phi) is 8.41. The number of imide groups is 1. The molecule has 8 heteroatoms. The first kappa shape index (κ1) is 22.9. The predicted molar refractivity (Wildman–Crippen MR) is 113 cm³/mol. The number of ether oxygens (including phenoxy) is 1. The fraction of sp³-hybridized carbons (Fsp3) is 0.455. The molecular formula is C22H28N4O4. The zero-order chi connectivity index (χ0) is 22.1. The van der Waals surface area contributed by atoms with Crippen LogP contribution < -0.4 is 15.5 Å².